The van der Waals surface area contributed by atoms with Gasteiger partial charge < -0.3 is 29.3 Å². The Morgan fingerprint density at radius 2 is 1.84 bits per heavy atom. The second kappa shape index (κ2) is 9.01. The van der Waals surface area contributed by atoms with E-state index in [9.17, 15) is 9.90 Å². The number of aliphatic hydroxyl groups is 2. The molecule has 0 spiro atoms. The van der Waals surface area contributed by atoms with E-state index in [2.05, 4.69) is 28.7 Å². The molecule has 3 heterocycles. The molecule has 0 aliphatic carbocycles. The van der Waals surface area contributed by atoms with Crippen LogP contribution in [-0.2, 0) is 14.1 Å². The molecule has 1 aromatic rings. The number of amides is 1. The molecule has 2 saturated heterocycles. The fourth-order valence-corrected chi connectivity index (χ4v) is 4.05. The maximum atomic E-state index is 12.3. The molecule has 10 heteroatoms. The van der Waals surface area contributed by atoms with Crippen LogP contribution in [0.1, 0.15) is 54.4 Å². The molecule has 0 unspecified atom stereocenters. The molecular formula is C21H35BN4O5. The standard InChI is InChI=1S/C21H35BN4O5/c1-14(2)26(16-8-7-9-25(12-16)18(29)17(28)13-27)19-23-10-15(11-24-19)22-30-20(3,4)21(5,6)31-22/h10-11,14,16-17,27-28H,7-9,12-13H2,1-6H3/t16-,17+/m1/s1. The molecule has 31 heavy (non-hydrogen) atoms. The summed E-state index contributed by atoms with van der Waals surface area (Å²) in [4.78, 5) is 25.3. The first-order chi connectivity index (χ1) is 14.5. The third-order valence-corrected chi connectivity index (χ3v) is 6.53. The molecule has 9 nitrogen and oxygen atoms in total. The van der Waals surface area contributed by atoms with Crippen LogP contribution < -0.4 is 10.4 Å². The highest BCUT2D eigenvalue weighted by Gasteiger charge is 2.52. The Kier molecular flexibility index (Phi) is 6.95. The maximum absolute atomic E-state index is 12.3. The van der Waals surface area contributed by atoms with Crippen molar-refractivity contribution in [3.8, 4) is 0 Å². The third kappa shape index (κ3) is 4.87. The fraction of sp³-hybridized carbons (Fsp3) is 0.762. The molecule has 1 aromatic heterocycles. The van der Waals surface area contributed by atoms with E-state index >= 15 is 0 Å². The van der Waals surface area contributed by atoms with Gasteiger partial charge in [0.15, 0.2) is 6.10 Å². The van der Waals surface area contributed by atoms with Crippen molar-refractivity contribution in [2.75, 3.05) is 24.6 Å². The number of hydrogen-bond acceptors (Lipinski definition) is 8. The molecule has 2 fully saturated rings. The molecule has 2 atom stereocenters. The van der Waals surface area contributed by atoms with Crippen molar-refractivity contribution in [1.82, 2.24) is 14.9 Å². The van der Waals surface area contributed by atoms with Crippen molar-refractivity contribution in [2.24, 2.45) is 0 Å². The van der Waals surface area contributed by atoms with Gasteiger partial charge in [0.25, 0.3) is 5.91 Å². The summed E-state index contributed by atoms with van der Waals surface area (Å²) in [6.07, 6.45) is 3.80. The predicted molar refractivity (Wildman–Crippen MR) is 118 cm³/mol. The van der Waals surface area contributed by atoms with Gasteiger partial charge in [-0.2, -0.15) is 0 Å². The first kappa shape index (κ1) is 23.9. The predicted octanol–water partition coefficient (Wildman–Crippen LogP) is 0.335. The molecule has 172 valence electrons. The minimum atomic E-state index is -1.37. The van der Waals surface area contributed by atoms with Crippen LogP contribution in [0.15, 0.2) is 12.4 Å². The molecule has 2 aliphatic rings. The number of carbonyl (C=O) groups is 1. The number of likely N-dealkylation sites (tertiary alicyclic amines) is 1. The van der Waals surface area contributed by atoms with Crippen molar-refractivity contribution in [2.45, 2.75) is 83.8 Å². The number of anilines is 1. The quantitative estimate of drug-likeness (QED) is 0.617. The second-order valence-corrected chi connectivity index (χ2v) is 9.68. The van der Waals surface area contributed by atoms with Crippen LogP contribution in [0.5, 0.6) is 0 Å². The van der Waals surface area contributed by atoms with E-state index in [0.29, 0.717) is 19.0 Å². The fourth-order valence-electron chi connectivity index (χ4n) is 4.05. The van der Waals surface area contributed by atoms with Gasteiger partial charge in [-0.3, -0.25) is 4.79 Å². The van der Waals surface area contributed by atoms with Crippen molar-refractivity contribution in [3.05, 3.63) is 12.4 Å². The van der Waals surface area contributed by atoms with Gasteiger partial charge in [0.2, 0.25) is 5.95 Å². The molecular weight excluding hydrogens is 399 g/mol. The number of rotatable bonds is 6. The monoisotopic (exact) mass is 434 g/mol. The smallest absolute Gasteiger partial charge is 0.399 e. The van der Waals surface area contributed by atoms with Crippen LogP contribution >= 0.6 is 0 Å². The number of aromatic nitrogens is 2. The summed E-state index contributed by atoms with van der Waals surface area (Å²) in [5, 5.41) is 18.8. The lowest BCUT2D eigenvalue weighted by Gasteiger charge is -2.41. The van der Waals surface area contributed by atoms with Crippen LogP contribution in [0, 0.1) is 0 Å². The highest BCUT2D eigenvalue weighted by molar-refractivity contribution is 6.61. The van der Waals surface area contributed by atoms with Crippen molar-refractivity contribution in [3.63, 3.8) is 0 Å². The van der Waals surface area contributed by atoms with Crippen molar-refractivity contribution < 1.29 is 24.3 Å². The summed E-state index contributed by atoms with van der Waals surface area (Å²) in [7, 11) is -0.519. The molecule has 0 saturated carbocycles. The zero-order chi connectivity index (χ0) is 23.0. The minimum Gasteiger partial charge on any atom is -0.399 e. The average Bonchev–Trinajstić information content (AvgIpc) is 2.94. The van der Waals surface area contributed by atoms with Crippen molar-refractivity contribution >= 4 is 24.4 Å². The Bertz CT molecular complexity index is 758. The van der Waals surface area contributed by atoms with Gasteiger partial charge in [0.05, 0.1) is 17.8 Å². The SMILES string of the molecule is CC(C)N(c1ncc(B2OC(C)(C)C(C)(C)O2)cn1)[C@@H]1CCCN(C(=O)[C@@H](O)CO)C1. The normalized spacial score (nSPS) is 23.8. The van der Waals surface area contributed by atoms with Crippen molar-refractivity contribution in [1.29, 1.82) is 0 Å². The van der Waals surface area contributed by atoms with E-state index in [0.717, 1.165) is 18.3 Å². The molecule has 1 amide bonds. The summed E-state index contributed by atoms with van der Waals surface area (Å²) in [6.45, 7) is 12.6. The average molecular weight is 434 g/mol. The second-order valence-electron chi connectivity index (χ2n) is 9.68. The molecule has 3 rings (SSSR count). The lowest BCUT2D eigenvalue weighted by atomic mass is 9.81. The zero-order valence-electron chi connectivity index (χ0n) is 19.4. The highest BCUT2D eigenvalue weighted by atomic mass is 16.7. The summed E-state index contributed by atoms with van der Waals surface area (Å²) in [6, 6.07) is 0.136. The summed E-state index contributed by atoms with van der Waals surface area (Å²) >= 11 is 0. The first-order valence-electron chi connectivity index (χ1n) is 11.0. The first-order valence-corrected chi connectivity index (χ1v) is 11.0. The maximum Gasteiger partial charge on any atom is 0.498 e. The minimum absolute atomic E-state index is 0.0197. The van der Waals surface area contributed by atoms with E-state index in [1.54, 1.807) is 17.3 Å². The number of hydrogen-bond donors (Lipinski definition) is 2. The molecule has 0 radical (unpaired) electrons. The van der Waals surface area contributed by atoms with Gasteiger partial charge in [-0.25, -0.2) is 9.97 Å². The van der Waals surface area contributed by atoms with E-state index < -0.39 is 36.9 Å². The van der Waals surface area contributed by atoms with Crippen LogP contribution in [0.2, 0.25) is 0 Å². The Labute approximate surface area is 184 Å². The van der Waals surface area contributed by atoms with E-state index in [4.69, 9.17) is 14.4 Å². The van der Waals surface area contributed by atoms with Gasteiger partial charge in [0, 0.05) is 43.0 Å². The summed E-state index contributed by atoms with van der Waals surface area (Å²) < 4.78 is 12.2. The number of carbonyl (C=O) groups excluding carboxylic acids is 1. The molecule has 2 aliphatic heterocycles. The molecule has 2 N–H and O–H groups in total. The van der Waals surface area contributed by atoms with Crippen LogP contribution in [0.4, 0.5) is 5.95 Å². The van der Waals surface area contributed by atoms with E-state index in [-0.39, 0.29) is 12.1 Å². The van der Waals surface area contributed by atoms with Gasteiger partial charge in [-0.15, -0.1) is 0 Å². The van der Waals surface area contributed by atoms with Gasteiger partial charge in [-0.05, 0) is 54.4 Å². The number of piperidine rings is 1. The lowest BCUT2D eigenvalue weighted by Crippen LogP contribution is -2.54. The Balaban J connectivity index is 1.76. The Hall–Kier alpha value is -1.75. The zero-order valence-corrected chi connectivity index (χ0v) is 19.4. The Morgan fingerprint density at radius 3 is 2.35 bits per heavy atom. The molecule has 0 aromatic carbocycles. The third-order valence-electron chi connectivity index (χ3n) is 6.53. The topological polar surface area (TPSA) is 108 Å². The van der Waals surface area contributed by atoms with Crippen LogP contribution in [0.3, 0.4) is 0 Å². The summed E-state index contributed by atoms with van der Waals surface area (Å²) in [5.41, 5.74) is -0.104. The van der Waals surface area contributed by atoms with Gasteiger partial charge in [0.1, 0.15) is 0 Å². The highest BCUT2D eigenvalue weighted by Crippen LogP contribution is 2.36. The van der Waals surface area contributed by atoms with E-state index in [1.165, 1.54) is 0 Å². The Morgan fingerprint density at radius 1 is 1.26 bits per heavy atom. The summed E-state index contributed by atoms with van der Waals surface area (Å²) in [5.74, 6) is 0.144. The van der Waals surface area contributed by atoms with Crippen LogP contribution in [-0.4, -0.2) is 87.2 Å². The largest absolute Gasteiger partial charge is 0.498 e. The van der Waals surface area contributed by atoms with E-state index in [1.807, 2.05) is 27.7 Å². The van der Waals surface area contributed by atoms with Gasteiger partial charge >= 0.3 is 7.12 Å². The van der Waals surface area contributed by atoms with Gasteiger partial charge in [-0.1, -0.05) is 0 Å². The number of aliphatic hydroxyl groups excluding tert-OH is 2. The lowest BCUT2D eigenvalue weighted by molar-refractivity contribution is -0.143. The number of nitrogens with zero attached hydrogens (tertiary/aromatic N) is 4. The van der Waals surface area contributed by atoms with Crippen LogP contribution in [0.25, 0.3) is 0 Å². The molecule has 0 bridgehead atoms.